The number of fused-ring (bicyclic) bond motifs is 2. The summed E-state index contributed by atoms with van der Waals surface area (Å²) in [4.78, 5) is 11.9. The summed E-state index contributed by atoms with van der Waals surface area (Å²) >= 11 is 0. The largest absolute Gasteiger partial charge is 0.392 e. The molecule has 6 rings (SSSR count). The number of aliphatic hydroxyl groups excluding tert-OH is 1. The highest BCUT2D eigenvalue weighted by molar-refractivity contribution is 6.21. The van der Waals surface area contributed by atoms with Crippen molar-refractivity contribution in [3.63, 3.8) is 0 Å². The number of benzene rings is 3. The van der Waals surface area contributed by atoms with E-state index in [1.165, 1.54) is 16.7 Å². The average Bonchev–Trinajstić information content (AvgIpc) is 3.48. The van der Waals surface area contributed by atoms with Crippen LogP contribution >= 0.6 is 0 Å². The van der Waals surface area contributed by atoms with E-state index in [9.17, 15) is 5.11 Å². The summed E-state index contributed by atoms with van der Waals surface area (Å²) in [6.07, 6.45) is 1.10. The summed E-state index contributed by atoms with van der Waals surface area (Å²) in [7, 11) is 2.16. The van der Waals surface area contributed by atoms with E-state index >= 15 is 0 Å². The lowest BCUT2D eigenvalue weighted by molar-refractivity contribution is 0.282. The van der Waals surface area contributed by atoms with Crippen molar-refractivity contribution in [1.82, 2.24) is 14.9 Å². The second kappa shape index (κ2) is 6.62. The van der Waals surface area contributed by atoms with Crippen LogP contribution in [0, 0.1) is 0 Å². The number of rotatable bonds is 4. The summed E-state index contributed by atoms with van der Waals surface area (Å²) in [6.45, 7) is 2.08. The third kappa shape index (κ3) is 2.78. The molecular formula is C25H22N4O. The summed E-state index contributed by atoms with van der Waals surface area (Å²) in [5.41, 5.74) is 9.90. The summed E-state index contributed by atoms with van der Waals surface area (Å²) in [5, 5.41) is 14.3. The molecule has 30 heavy (non-hydrogen) atoms. The number of aromatic nitrogens is 2. The molecule has 1 aliphatic heterocycles. The number of nitrogens with zero attached hydrogens (tertiary/aromatic N) is 3. The molecule has 148 valence electrons. The molecule has 0 spiro atoms. The molecule has 0 radical (unpaired) electrons. The van der Waals surface area contributed by atoms with Gasteiger partial charge in [-0.05, 0) is 47.9 Å². The van der Waals surface area contributed by atoms with Crippen LogP contribution in [0.15, 0.2) is 54.6 Å². The third-order valence-corrected chi connectivity index (χ3v) is 6.19. The minimum Gasteiger partial charge on any atom is -0.392 e. The standard InChI is InChI=1S/C25H22N4O/c1-29-11-10-15-6-7-18(12-17(15)13-29)26-25-27-23-20(8-9-21-22(23)24(21)28-25)19-5-3-2-4-16(19)14-30/h2-9,12,30H,10-11,13-14H2,1H3,(H,26,27,28). The SMILES string of the molecule is CN1CCc2ccc(Nc3nc4c5c-4ccc(-c4ccccc4CO)c5n3)cc2C1. The van der Waals surface area contributed by atoms with Gasteiger partial charge in [-0.3, -0.25) is 0 Å². The van der Waals surface area contributed by atoms with Crippen molar-refractivity contribution in [1.29, 1.82) is 0 Å². The first-order valence-electron chi connectivity index (χ1n) is 10.3. The van der Waals surface area contributed by atoms with E-state index < -0.39 is 0 Å². The molecular weight excluding hydrogens is 372 g/mol. The van der Waals surface area contributed by atoms with Gasteiger partial charge < -0.3 is 15.3 Å². The topological polar surface area (TPSA) is 61.3 Å². The Morgan fingerprint density at radius 3 is 2.73 bits per heavy atom. The summed E-state index contributed by atoms with van der Waals surface area (Å²) in [6, 6.07) is 18.7. The molecule has 0 saturated heterocycles. The molecule has 2 heterocycles. The Hall–Kier alpha value is -3.28. The van der Waals surface area contributed by atoms with Gasteiger partial charge >= 0.3 is 0 Å². The van der Waals surface area contributed by atoms with Crippen LogP contribution < -0.4 is 5.32 Å². The van der Waals surface area contributed by atoms with Gasteiger partial charge in [-0.2, -0.15) is 0 Å². The fourth-order valence-electron chi connectivity index (χ4n) is 4.54. The Morgan fingerprint density at radius 1 is 0.967 bits per heavy atom. The Labute approximate surface area is 175 Å². The maximum absolute atomic E-state index is 9.78. The molecule has 3 aromatic carbocycles. The molecule has 0 unspecified atom stereocenters. The summed E-state index contributed by atoms with van der Waals surface area (Å²) < 4.78 is 0. The van der Waals surface area contributed by atoms with E-state index in [1.807, 2.05) is 24.3 Å². The van der Waals surface area contributed by atoms with Gasteiger partial charge in [0.25, 0.3) is 0 Å². The first kappa shape index (κ1) is 17.6. The predicted octanol–water partition coefficient (Wildman–Crippen LogP) is 4.50. The smallest absolute Gasteiger partial charge is 0.228 e. The molecule has 1 aliphatic carbocycles. The highest BCUT2D eigenvalue weighted by Gasteiger charge is 2.28. The average molecular weight is 394 g/mol. The van der Waals surface area contributed by atoms with Gasteiger partial charge in [0.2, 0.25) is 5.95 Å². The number of nitrogens with one attached hydrogen (secondary N) is 1. The van der Waals surface area contributed by atoms with E-state index in [0.717, 1.165) is 58.5 Å². The molecule has 4 aromatic rings. The quantitative estimate of drug-likeness (QED) is 0.470. The Kier molecular flexibility index (Phi) is 3.88. The molecule has 0 amide bonds. The molecule has 0 atom stereocenters. The van der Waals surface area contributed by atoms with Crippen LogP contribution in [0.25, 0.3) is 33.3 Å². The van der Waals surface area contributed by atoms with E-state index in [4.69, 9.17) is 9.97 Å². The van der Waals surface area contributed by atoms with E-state index in [2.05, 4.69) is 47.6 Å². The Morgan fingerprint density at radius 2 is 1.83 bits per heavy atom. The third-order valence-electron chi connectivity index (χ3n) is 6.19. The lowest BCUT2D eigenvalue weighted by Crippen LogP contribution is -2.26. The number of aliphatic hydroxyl groups is 1. The Balaban J connectivity index is 1.40. The van der Waals surface area contributed by atoms with Crippen molar-refractivity contribution in [2.75, 3.05) is 18.9 Å². The lowest BCUT2D eigenvalue weighted by Gasteiger charge is -2.25. The zero-order chi connectivity index (χ0) is 20.2. The Bertz CT molecular complexity index is 1310. The van der Waals surface area contributed by atoms with Gasteiger partial charge in [0.15, 0.2) is 0 Å². The number of likely N-dealkylation sites (N-methyl/N-ethyl adjacent to an activating group) is 1. The lowest BCUT2D eigenvalue weighted by atomic mass is 9.99. The monoisotopic (exact) mass is 394 g/mol. The maximum Gasteiger partial charge on any atom is 0.228 e. The molecule has 0 saturated carbocycles. The van der Waals surface area contributed by atoms with Crippen molar-refractivity contribution in [2.24, 2.45) is 0 Å². The molecule has 2 N–H and O–H groups in total. The number of hydrogen-bond acceptors (Lipinski definition) is 5. The van der Waals surface area contributed by atoms with Crippen molar-refractivity contribution in [3.8, 4) is 22.4 Å². The van der Waals surface area contributed by atoms with Gasteiger partial charge in [0.1, 0.15) is 0 Å². The van der Waals surface area contributed by atoms with Crippen LogP contribution in [0.1, 0.15) is 16.7 Å². The van der Waals surface area contributed by atoms with Gasteiger partial charge in [-0.1, -0.05) is 42.5 Å². The molecule has 5 heteroatoms. The van der Waals surface area contributed by atoms with Crippen molar-refractivity contribution in [2.45, 2.75) is 19.6 Å². The molecule has 0 bridgehead atoms. The molecule has 0 fully saturated rings. The van der Waals surface area contributed by atoms with Crippen molar-refractivity contribution >= 4 is 22.5 Å². The molecule has 1 aromatic heterocycles. The van der Waals surface area contributed by atoms with E-state index in [1.54, 1.807) is 0 Å². The highest BCUT2D eigenvalue weighted by atomic mass is 16.3. The van der Waals surface area contributed by atoms with Crippen molar-refractivity contribution < 1.29 is 5.11 Å². The van der Waals surface area contributed by atoms with Gasteiger partial charge in [-0.15, -0.1) is 0 Å². The first-order valence-corrected chi connectivity index (χ1v) is 10.3. The van der Waals surface area contributed by atoms with Gasteiger partial charge in [0, 0.05) is 35.3 Å². The normalized spacial score (nSPS) is 14.6. The van der Waals surface area contributed by atoms with Crippen LogP contribution in [-0.2, 0) is 19.6 Å². The van der Waals surface area contributed by atoms with Gasteiger partial charge in [-0.25, -0.2) is 9.97 Å². The van der Waals surface area contributed by atoms with Crippen molar-refractivity contribution in [3.05, 3.63) is 71.3 Å². The highest BCUT2D eigenvalue weighted by Crippen LogP contribution is 2.48. The zero-order valence-corrected chi connectivity index (χ0v) is 16.8. The molecule has 2 aliphatic rings. The van der Waals surface area contributed by atoms with Crippen LogP contribution in [0.5, 0.6) is 0 Å². The van der Waals surface area contributed by atoms with Crippen LogP contribution in [0.3, 0.4) is 0 Å². The second-order valence-electron chi connectivity index (χ2n) is 8.19. The maximum atomic E-state index is 9.78. The van der Waals surface area contributed by atoms with Gasteiger partial charge in [0.05, 0.1) is 17.8 Å². The fraction of sp³-hybridized carbons (Fsp3) is 0.200. The number of hydrogen-bond donors (Lipinski definition) is 2. The predicted molar refractivity (Wildman–Crippen MR) is 120 cm³/mol. The minimum atomic E-state index is 0.00599. The number of anilines is 2. The second-order valence-corrected chi connectivity index (χ2v) is 8.19. The minimum absolute atomic E-state index is 0.00599. The van der Waals surface area contributed by atoms with Crippen LogP contribution in [0.2, 0.25) is 0 Å². The zero-order valence-electron chi connectivity index (χ0n) is 16.8. The van der Waals surface area contributed by atoms with E-state index in [0.29, 0.717) is 5.95 Å². The summed E-state index contributed by atoms with van der Waals surface area (Å²) in [5.74, 6) is 0.616. The van der Waals surface area contributed by atoms with E-state index in [-0.39, 0.29) is 6.61 Å². The fourth-order valence-corrected chi connectivity index (χ4v) is 4.54. The molecule has 5 nitrogen and oxygen atoms in total. The van der Waals surface area contributed by atoms with Crippen LogP contribution in [-0.4, -0.2) is 33.6 Å². The van der Waals surface area contributed by atoms with Crippen LogP contribution in [0.4, 0.5) is 11.6 Å². The first-order chi connectivity index (χ1) is 14.7.